The molecule has 0 radical (unpaired) electrons. The summed E-state index contributed by atoms with van der Waals surface area (Å²) in [4.78, 5) is 24.8. The third kappa shape index (κ3) is 2.92. The van der Waals surface area contributed by atoms with Gasteiger partial charge >= 0.3 is 5.97 Å². The maximum atomic E-state index is 11.5. The van der Waals surface area contributed by atoms with Crippen LogP contribution in [0.3, 0.4) is 0 Å². The normalized spacial score (nSPS) is 15.8. The van der Waals surface area contributed by atoms with E-state index in [1.54, 1.807) is 19.2 Å². The van der Waals surface area contributed by atoms with Crippen LogP contribution < -0.4 is 9.64 Å². The molecule has 20 heavy (non-hydrogen) atoms. The number of methoxy groups -OCH3 is 2. The van der Waals surface area contributed by atoms with Gasteiger partial charge in [-0.15, -0.1) is 0 Å². The molecule has 1 fully saturated rings. The van der Waals surface area contributed by atoms with Crippen molar-refractivity contribution in [1.82, 2.24) is 0 Å². The van der Waals surface area contributed by atoms with Gasteiger partial charge in [0.05, 0.1) is 25.8 Å². The number of anilines is 1. The predicted octanol–water partition coefficient (Wildman–Crippen LogP) is 1.90. The Morgan fingerprint density at radius 2 is 2.00 bits per heavy atom. The van der Waals surface area contributed by atoms with Crippen LogP contribution in [0.4, 0.5) is 5.69 Å². The summed E-state index contributed by atoms with van der Waals surface area (Å²) in [7, 11) is 3.02. The van der Waals surface area contributed by atoms with E-state index >= 15 is 0 Å². The molecule has 108 valence electrons. The molecule has 0 unspecified atom stereocenters. The first kappa shape index (κ1) is 14.4. The molecular weight excluding hydrogens is 258 g/mol. The summed E-state index contributed by atoms with van der Waals surface area (Å²) in [5.74, 6) is 0.535. The molecule has 1 heterocycles. The lowest BCUT2D eigenvalue weighted by Crippen LogP contribution is -2.37. The van der Waals surface area contributed by atoms with Gasteiger partial charge in [0.25, 0.3) is 0 Å². The zero-order valence-electron chi connectivity index (χ0n) is 11.8. The highest BCUT2D eigenvalue weighted by Crippen LogP contribution is 2.29. The smallest absolute Gasteiger partial charge is 0.308 e. The molecule has 0 aromatic heterocycles. The molecular formula is C15H19NO4. The van der Waals surface area contributed by atoms with Crippen LogP contribution in [0.25, 0.3) is 0 Å². The molecule has 0 aliphatic carbocycles. The van der Waals surface area contributed by atoms with Crippen molar-refractivity contribution in [3.05, 3.63) is 23.8 Å². The quantitative estimate of drug-likeness (QED) is 0.621. The van der Waals surface area contributed by atoms with Crippen LogP contribution >= 0.6 is 0 Å². The van der Waals surface area contributed by atoms with Crippen molar-refractivity contribution in [2.75, 3.05) is 32.2 Å². The minimum atomic E-state index is -0.147. The maximum Gasteiger partial charge on any atom is 0.308 e. The zero-order chi connectivity index (χ0) is 14.5. The monoisotopic (exact) mass is 277 g/mol. The number of benzene rings is 1. The standard InChI is InChI=1S/C15H19NO4/c1-19-13-4-3-12(10-17)14(9-13)16-7-5-11(6-8-16)15(18)20-2/h3-4,9-11H,5-8H2,1-2H3. The summed E-state index contributed by atoms with van der Waals surface area (Å²) in [5, 5.41) is 0. The summed E-state index contributed by atoms with van der Waals surface area (Å²) in [6, 6.07) is 5.39. The molecule has 0 saturated carbocycles. The number of aldehydes is 1. The fourth-order valence-electron chi connectivity index (χ4n) is 2.55. The first-order valence-electron chi connectivity index (χ1n) is 6.65. The Labute approximate surface area is 118 Å². The molecule has 0 N–H and O–H groups in total. The molecule has 0 atom stereocenters. The van der Waals surface area contributed by atoms with Gasteiger partial charge in [-0.25, -0.2) is 0 Å². The summed E-state index contributed by atoms with van der Waals surface area (Å²) >= 11 is 0. The van der Waals surface area contributed by atoms with Gasteiger partial charge in [0.2, 0.25) is 0 Å². The zero-order valence-corrected chi connectivity index (χ0v) is 11.8. The van der Waals surface area contributed by atoms with Gasteiger partial charge < -0.3 is 14.4 Å². The topological polar surface area (TPSA) is 55.8 Å². The minimum Gasteiger partial charge on any atom is -0.497 e. The lowest BCUT2D eigenvalue weighted by atomic mass is 9.96. The highest BCUT2D eigenvalue weighted by atomic mass is 16.5. The number of nitrogens with zero attached hydrogens (tertiary/aromatic N) is 1. The highest BCUT2D eigenvalue weighted by Gasteiger charge is 2.26. The number of carbonyl (C=O) groups excluding carboxylic acids is 2. The van der Waals surface area contributed by atoms with Crippen LogP contribution in [-0.4, -0.2) is 39.6 Å². The second-order valence-corrected chi connectivity index (χ2v) is 4.83. The first-order valence-corrected chi connectivity index (χ1v) is 6.65. The van der Waals surface area contributed by atoms with Gasteiger partial charge in [-0.2, -0.15) is 0 Å². The van der Waals surface area contributed by atoms with Crippen LogP contribution in [-0.2, 0) is 9.53 Å². The summed E-state index contributed by atoms with van der Waals surface area (Å²) < 4.78 is 9.98. The molecule has 5 heteroatoms. The maximum absolute atomic E-state index is 11.5. The number of esters is 1. The second kappa shape index (κ2) is 6.41. The molecule has 0 spiro atoms. The fraction of sp³-hybridized carbons (Fsp3) is 0.467. The SMILES string of the molecule is COC(=O)C1CCN(c2cc(OC)ccc2C=O)CC1. The molecule has 1 aliphatic rings. The summed E-state index contributed by atoms with van der Waals surface area (Å²) in [5.41, 5.74) is 1.50. The van der Waals surface area contributed by atoms with Crippen molar-refractivity contribution in [1.29, 1.82) is 0 Å². The first-order chi connectivity index (χ1) is 9.69. The Bertz CT molecular complexity index is 493. The number of carbonyl (C=O) groups is 2. The van der Waals surface area contributed by atoms with E-state index in [9.17, 15) is 9.59 Å². The number of ether oxygens (including phenoxy) is 2. The summed E-state index contributed by atoms with van der Waals surface area (Å²) in [6.07, 6.45) is 2.32. The van der Waals surface area contributed by atoms with Gasteiger partial charge in [-0.1, -0.05) is 0 Å². The third-order valence-corrected chi connectivity index (χ3v) is 3.73. The number of piperidine rings is 1. The van der Waals surface area contributed by atoms with Crippen molar-refractivity contribution in [2.45, 2.75) is 12.8 Å². The third-order valence-electron chi connectivity index (χ3n) is 3.73. The second-order valence-electron chi connectivity index (χ2n) is 4.83. The van der Waals surface area contributed by atoms with E-state index in [0.717, 1.165) is 43.7 Å². The molecule has 1 aromatic carbocycles. The Kier molecular flexibility index (Phi) is 4.61. The Morgan fingerprint density at radius 1 is 1.30 bits per heavy atom. The Hall–Kier alpha value is -2.04. The van der Waals surface area contributed by atoms with Crippen LogP contribution in [0.2, 0.25) is 0 Å². The Balaban J connectivity index is 2.13. The average Bonchev–Trinajstić information content (AvgIpc) is 2.53. The molecule has 0 amide bonds. The van der Waals surface area contributed by atoms with Gasteiger partial charge in [0.15, 0.2) is 6.29 Å². The van der Waals surface area contributed by atoms with Crippen molar-refractivity contribution < 1.29 is 19.1 Å². The molecule has 5 nitrogen and oxygen atoms in total. The summed E-state index contributed by atoms with van der Waals surface area (Å²) in [6.45, 7) is 1.46. The van der Waals surface area contributed by atoms with E-state index in [1.807, 2.05) is 6.07 Å². The molecule has 1 saturated heterocycles. The van der Waals surface area contributed by atoms with Crippen molar-refractivity contribution in [3.8, 4) is 5.75 Å². The van der Waals surface area contributed by atoms with E-state index in [4.69, 9.17) is 9.47 Å². The van der Waals surface area contributed by atoms with Crippen LogP contribution in [0.5, 0.6) is 5.75 Å². The van der Waals surface area contributed by atoms with E-state index < -0.39 is 0 Å². The van der Waals surface area contributed by atoms with Crippen molar-refractivity contribution in [3.63, 3.8) is 0 Å². The van der Waals surface area contributed by atoms with E-state index in [2.05, 4.69) is 4.90 Å². The minimum absolute atomic E-state index is 0.0402. The number of hydrogen-bond donors (Lipinski definition) is 0. The van der Waals surface area contributed by atoms with Crippen molar-refractivity contribution >= 4 is 17.9 Å². The van der Waals surface area contributed by atoms with E-state index in [0.29, 0.717) is 5.56 Å². The largest absolute Gasteiger partial charge is 0.497 e. The van der Waals surface area contributed by atoms with Crippen LogP contribution in [0, 0.1) is 5.92 Å². The van der Waals surface area contributed by atoms with Crippen LogP contribution in [0.15, 0.2) is 18.2 Å². The van der Waals surface area contributed by atoms with E-state index in [1.165, 1.54) is 7.11 Å². The van der Waals surface area contributed by atoms with Crippen LogP contribution in [0.1, 0.15) is 23.2 Å². The molecule has 1 aromatic rings. The highest BCUT2D eigenvalue weighted by molar-refractivity contribution is 5.85. The fourth-order valence-corrected chi connectivity index (χ4v) is 2.55. The van der Waals surface area contributed by atoms with E-state index in [-0.39, 0.29) is 11.9 Å². The van der Waals surface area contributed by atoms with Gasteiger partial charge in [0.1, 0.15) is 5.75 Å². The molecule has 2 rings (SSSR count). The van der Waals surface area contributed by atoms with Gasteiger partial charge in [0, 0.05) is 24.7 Å². The lowest BCUT2D eigenvalue weighted by molar-refractivity contribution is -0.146. The number of hydrogen-bond acceptors (Lipinski definition) is 5. The molecule has 0 bridgehead atoms. The van der Waals surface area contributed by atoms with Gasteiger partial charge in [-0.05, 0) is 25.0 Å². The lowest BCUT2D eigenvalue weighted by Gasteiger charge is -2.33. The number of rotatable bonds is 4. The average molecular weight is 277 g/mol. The molecule has 1 aliphatic heterocycles. The van der Waals surface area contributed by atoms with Gasteiger partial charge in [-0.3, -0.25) is 9.59 Å². The van der Waals surface area contributed by atoms with Crippen molar-refractivity contribution in [2.24, 2.45) is 5.92 Å². The Morgan fingerprint density at radius 3 is 2.55 bits per heavy atom. The predicted molar refractivity (Wildman–Crippen MR) is 75.3 cm³/mol.